The molecule has 1 unspecified atom stereocenters. The summed E-state index contributed by atoms with van der Waals surface area (Å²) in [5, 5.41) is 9.23. The van der Waals surface area contributed by atoms with Crippen molar-refractivity contribution in [1.82, 2.24) is 4.90 Å². The number of hydrogen-bond acceptors (Lipinski definition) is 2. The molecule has 1 aliphatic carbocycles. The van der Waals surface area contributed by atoms with Crippen molar-refractivity contribution in [3.8, 4) is 5.75 Å². The molecule has 0 radical (unpaired) electrons. The number of fused-ring (bicyclic) bond motifs is 1. The lowest BCUT2D eigenvalue weighted by molar-refractivity contribution is -0.184. The van der Waals surface area contributed by atoms with E-state index in [1.165, 1.54) is 12.1 Å². The third-order valence-electron chi connectivity index (χ3n) is 4.12. The Bertz CT molecular complexity index is 526. The Labute approximate surface area is 107 Å². The Morgan fingerprint density at radius 3 is 2.53 bits per heavy atom. The molecule has 6 heteroatoms. The monoisotopic (exact) mass is 271 g/mol. The van der Waals surface area contributed by atoms with Crippen LogP contribution >= 0.6 is 0 Å². The molecular formula is C13H12F3NO2. The number of phenolic OH excluding ortho intramolecular Hbond substituents is 1. The van der Waals surface area contributed by atoms with Crippen molar-refractivity contribution < 1.29 is 23.1 Å². The summed E-state index contributed by atoms with van der Waals surface area (Å²) in [6.07, 6.45) is -3.99. The first-order chi connectivity index (χ1) is 8.83. The topological polar surface area (TPSA) is 40.5 Å². The number of carbonyl (C=O) groups is 1. The second-order valence-corrected chi connectivity index (χ2v) is 5.29. The van der Waals surface area contributed by atoms with Crippen molar-refractivity contribution in [1.29, 1.82) is 0 Å². The van der Waals surface area contributed by atoms with Crippen molar-refractivity contribution in [3.63, 3.8) is 0 Å². The molecule has 0 spiro atoms. The molecular weight excluding hydrogens is 259 g/mol. The molecule has 0 aromatic heterocycles. The number of nitrogens with zero attached hydrogens (tertiary/aromatic N) is 1. The van der Waals surface area contributed by atoms with Crippen LogP contribution in [0.3, 0.4) is 0 Å². The summed E-state index contributed by atoms with van der Waals surface area (Å²) in [4.78, 5) is 12.1. The number of phenols is 1. The molecule has 0 bridgehead atoms. The largest absolute Gasteiger partial charge is 0.508 e. The van der Waals surface area contributed by atoms with E-state index >= 15 is 0 Å². The first-order valence-corrected chi connectivity index (χ1v) is 5.98. The smallest absolute Gasteiger partial charge is 0.471 e. The molecule has 1 aromatic rings. The van der Waals surface area contributed by atoms with Gasteiger partial charge in [0.1, 0.15) is 5.75 Å². The van der Waals surface area contributed by atoms with Crippen molar-refractivity contribution >= 4 is 5.91 Å². The number of benzene rings is 1. The van der Waals surface area contributed by atoms with Gasteiger partial charge in [0.05, 0.1) is 0 Å². The molecule has 19 heavy (non-hydrogen) atoms. The molecule has 3 rings (SSSR count). The summed E-state index contributed by atoms with van der Waals surface area (Å²) in [6, 6.07) is 6.48. The van der Waals surface area contributed by atoms with Gasteiger partial charge >= 0.3 is 12.1 Å². The van der Waals surface area contributed by atoms with E-state index < -0.39 is 12.1 Å². The van der Waals surface area contributed by atoms with Crippen LogP contribution in [0.2, 0.25) is 0 Å². The average Bonchev–Trinajstić information content (AvgIpc) is 2.91. The summed E-state index contributed by atoms with van der Waals surface area (Å²) < 4.78 is 37.2. The van der Waals surface area contributed by atoms with Crippen LogP contribution < -0.4 is 0 Å². The number of halogens is 3. The maximum absolute atomic E-state index is 12.4. The van der Waals surface area contributed by atoms with Crippen LogP contribution in [0.5, 0.6) is 5.75 Å². The molecule has 1 saturated heterocycles. The van der Waals surface area contributed by atoms with Gasteiger partial charge in [-0.15, -0.1) is 0 Å². The van der Waals surface area contributed by atoms with Crippen LogP contribution in [0, 0.1) is 5.92 Å². The number of aromatic hydroxyl groups is 1. The van der Waals surface area contributed by atoms with Gasteiger partial charge in [0.2, 0.25) is 0 Å². The lowest BCUT2D eigenvalue weighted by Gasteiger charge is -2.22. The van der Waals surface area contributed by atoms with E-state index in [-0.39, 0.29) is 30.2 Å². The quantitative estimate of drug-likeness (QED) is 0.849. The second-order valence-electron chi connectivity index (χ2n) is 5.29. The van der Waals surface area contributed by atoms with E-state index in [0.29, 0.717) is 0 Å². The van der Waals surface area contributed by atoms with Crippen molar-refractivity contribution in [2.75, 3.05) is 13.1 Å². The van der Waals surface area contributed by atoms with E-state index in [1.54, 1.807) is 12.1 Å². The normalized spacial score (nSPS) is 29.2. The highest BCUT2D eigenvalue weighted by Gasteiger charge is 2.63. The van der Waals surface area contributed by atoms with Gasteiger partial charge in [-0.05, 0) is 30.0 Å². The summed E-state index contributed by atoms with van der Waals surface area (Å²) in [5.74, 6) is -1.53. The number of likely N-dealkylation sites (tertiary alicyclic amines) is 1. The van der Waals surface area contributed by atoms with E-state index in [2.05, 4.69) is 0 Å². The molecule has 1 saturated carbocycles. The molecule has 2 aliphatic rings. The van der Waals surface area contributed by atoms with Gasteiger partial charge in [-0.3, -0.25) is 4.79 Å². The number of alkyl halides is 3. The molecule has 1 aromatic carbocycles. The third-order valence-corrected chi connectivity index (χ3v) is 4.12. The van der Waals surface area contributed by atoms with Gasteiger partial charge in [0.25, 0.3) is 0 Å². The minimum Gasteiger partial charge on any atom is -0.508 e. The first kappa shape index (κ1) is 12.3. The zero-order chi connectivity index (χ0) is 13.8. The molecule has 102 valence electrons. The number of hydrogen-bond donors (Lipinski definition) is 1. The van der Waals surface area contributed by atoms with Gasteiger partial charge in [-0.25, -0.2) is 0 Å². The highest BCUT2D eigenvalue weighted by Crippen LogP contribution is 2.59. The number of carbonyl (C=O) groups excluding carboxylic acids is 1. The zero-order valence-electron chi connectivity index (χ0n) is 9.94. The fraction of sp³-hybridized carbons (Fsp3) is 0.462. The maximum Gasteiger partial charge on any atom is 0.471 e. The van der Waals surface area contributed by atoms with E-state index in [4.69, 9.17) is 0 Å². The van der Waals surface area contributed by atoms with Crippen molar-refractivity contribution in [2.45, 2.75) is 18.0 Å². The predicted molar refractivity (Wildman–Crippen MR) is 60.5 cm³/mol. The fourth-order valence-electron chi connectivity index (χ4n) is 3.06. The van der Waals surface area contributed by atoms with E-state index in [0.717, 1.165) is 16.9 Å². The van der Waals surface area contributed by atoms with Crippen LogP contribution in [0.1, 0.15) is 12.0 Å². The number of amides is 1. The van der Waals surface area contributed by atoms with Gasteiger partial charge in [-0.1, -0.05) is 12.1 Å². The molecule has 2 fully saturated rings. The number of piperidine rings is 1. The molecule has 1 aliphatic heterocycles. The summed E-state index contributed by atoms with van der Waals surface area (Å²) >= 11 is 0. The van der Waals surface area contributed by atoms with Crippen molar-refractivity contribution in [3.05, 3.63) is 29.8 Å². The Balaban J connectivity index is 1.80. The van der Waals surface area contributed by atoms with Crippen LogP contribution in [0.15, 0.2) is 24.3 Å². The van der Waals surface area contributed by atoms with Gasteiger partial charge in [0, 0.05) is 18.5 Å². The van der Waals surface area contributed by atoms with Crippen molar-refractivity contribution in [2.24, 2.45) is 5.92 Å². The predicted octanol–water partition coefficient (Wildman–Crippen LogP) is 2.05. The SMILES string of the molecule is O=C(N1C[C@H]2CC2(c2ccc(O)cc2)C1)C(F)(F)F. The van der Waals surface area contributed by atoms with Gasteiger partial charge in [0.15, 0.2) is 0 Å². The van der Waals surface area contributed by atoms with Crippen LogP contribution in [-0.4, -0.2) is 35.2 Å². The lowest BCUT2D eigenvalue weighted by atomic mass is 9.95. The standard InChI is InChI=1S/C13H12F3NO2/c14-13(15,16)11(19)17-6-9-5-12(9,7-17)8-1-3-10(18)4-2-8/h1-4,9,18H,5-7H2/t9-,12?/m1/s1. The molecule has 3 nitrogen and oxygen atoms in total. The Hall–Kier alpha value is -1.72. The Morgan fingerprint density at radius 1 is 1.32 bits per heavy atom. The molecule has 2 atom stereocenters. The summed E-state index contributed by atoms with van der Waals surface area (Å²) in [6.45, 7) is 0.278. The third kappa shape index (κ3) is 1.86. The molecule has 1 N–H and O–H groups in total. The van der Waals surface area contributed by atoms with E-state index in [9.17, 15) is 23.1 Å². The summed E-state index contributed by atoms with van der Waals surface area (Å²) in [7, 11) is 0. The lowest BCUT2D eigenvalue weighted by Crippen LogP contribution is -2.41. The molecule has 1 amide bonds. The van der Waals surface area contributed by atoms with E-state index in [1.807, 2.05) is 0 Å². The second kappa shape index (κ2) is 3.65. The molecule has 1 heterocycles. The first-order valence-electron chi connectivity index (χ1n) is 5.98. The minimum atomic E-state index is -4.80. The highest BCUT2D eigenvalue weighted by molar-refractivity contribution is 5.82. The average molecular weight is 271 g/mol. The van der Waals surface area contributed by atoms with Gasteiger partial charge in [-0.2, -0.15) is 13.2 Å². The minimum absolute atomic E-state index is 0.100. The highest BCUT2D eigenvalue weighted by atomic mass is 19.4. The Morgan fingerprint density at radius 2 is 1.95 bits per heavy atom. The fourth-order valence-corrected chi connectivity index (χ4v) is 3.06. The van der Waals surface area contributed by atoms with Crippen LogP contribution in [0.4, 0.5) is 13.2 Å². The summed E-state index contributed by atoms with van der Waals surface area (Å²) in [5.41, 5.74) is 0.557. The Kier molecular flexibility index (Phi) is 2.37. The van der Waals surface area contributed by atoms with Crippen LogP contribution in [-0.2, 0) is 10.2 Å². The van der Waals surface area contributed by atoms with Gasteiger partial charge < -0.3 is 10.0 Å². The van der Waals surface area contributed by atoms with Crippen LogP contribution in [0.25, 0.3) is 0 Å². The zero-order valence-corrected chi connectivity index (χ0v) is 9.94. The number of rotatable bonds is 1. The maximum atomic E-state index is 12.4.